The Kier molecular flexibility index (Phi) is 4.51. The molecule has 19 heavy (non-hydrogen) atoms. The van der Waals surface area contributed by atoms with E-state index < -0.39 is 17.6 Å². The monoisotopic (exact) mass is 269 g/mol. The van der Waals surface area contributed by atoms with Crippen molar-refractivity contribution in [3.63, 3.8) is 0 Å². The zero-order valence-electron chi connectivity index (χ0n) is 12.1. The summed E-state index contributed by atoms with van der Waals surface area (Å²) < 4.78 is 0. The molecule has 2 rings (SSSR count). The molecule has 1 aliphatic carbocycles. The average Bonchev–Trinajstić information content (AvgIpc) is 2.38. The van der Waals surface area contributed by atoms with E-state index in [2.05, 4.69) is 4.90 Å². The molecule has 0 spiro atoms. The van der Waals surface area contributed by atoms with Crippen LogP contribution < -0.4 is 0 Å². The van der Waals surface area contributed by atoms with Crippen LogP contribution >= 0.6 is 0 Å². The predicted molar refractivity (Wildman–Crippen MR) is 74.0 cm³/mol. The summed E-state index contributed by atoms with van der Waals surface area (Å²) in [7, 11) is 0. The number of fused-ring (bicyclic) bond motifs is 1. The van der Waals surface area contributed by atoms with Gasteiger partial charge >= 0.3 is 5.97 Å². The molecule has 2 fully saturated rings. The predicted octanol–water partition coefficient (Wildman–Crippen LogP) is 2.26. The molecule has 4 heteroatoms. The number of carboxylic acid groups (broad SMARTS) is 1. The largest absolute Gasteiger partial charge is 0.480 e. The second-order valence-electron chi connectivity index (χ2n) is 6.57. The van der Waals surface area contributed by atoms with Gasteiger partial charge in [-0.15, -0.1) is 0 Å². The number of carboxylic acids is 1. The summed E-state index contributed by atoms with van der Waals surface area (Å²) >= 11 is 0. The number of nitrogens with zero attached hydrogens (tertiary/aromatic N) is 1. The second kappa shape index (κ2) is 5.80. The van der Waals surface area contributed by atoms with Gasteiger partial charge in [0, 0.05) is 12.6 Å². The summed E-state index contributed by atoms with van der Waals surface area (Å²) in [5.74, 6) is -0.0899. The van der Waals surface area contributed by atoms with Gasteiger partial charge in [-0.2, -0.15) is 0 Å². The Morgan fingerprint density at radius 1 is 1.26 bits per heavy atom. The van der Waals surface area contributed by atoms with Crippen LogP contribution in [0.4, 0.5) is 0 Å². The van der Waals surface area contributed by atoms with Crippen LogP contribution in [0.5, 0.6) is 0 Å². The highest BCUT2D eigenvalue weighted by Crippen LogP contribution is 2.38. The quantitative estimate of drug-likeness (QED) is 0.822. The summed E-state index contributed by atoms with van der Waals surface area (Å²) in [5.41, 5.74) is -0.785. The molecular weight excluding hydrogens is 242 g/mol. The van der Waals surface area contributed by atoms with Crippen molar-refractivity contribution in [1.82, 2.24) is 4.90 Å². The molecule has 0 radical (unpaired) electrons. The molecule has 1 saturated carbocycles. The average molecular weight is 269 g/mol. The molecule has 1 heterocycles. The minimum absolute atomic E-state index is 0.363. The molecule has 1 saturated heterocycles. The first-order valence-corrected chi connectivity index (χ1v) is 7.65. The number of carbonyl (C=O) groups is 1. The van der Waals surface area contributed by atoms with E-state index in [1.807, 2.05) is 13.8 Å². The van der Waals surface area contributed by atoms with Crippen molar-refractivity contribution >= 4 is 5.97 Å². The van der Waals surface area contributed by atoms with Gasteiger partial charge in [-0.05, 0) is 44.9 Å². The Balaban J connectivity index is 2.16. The number of piperidine rings is 1. The number of likely N-dealkylation sites (tertiary alicyclic amines) is 1. The maximum absolute atomic E-state index is 11.5. The molecule has 4 nitrogen and oxygen atoms in total. The fourth-order valence-electron chi connectivity index (χ4n) is 3.73. The molecular formula is C15H27NO3. The molecule has 0 aromatic heterocycles. The van der Waals surface area contributed by atoms with Gasteiger partial charge in [0.05, 0.1) is 5.60 Å². The van der Waals surface area contributed by atoms with Gasteiger partial charge in [0.25, 0.3) is 0 Å². The fraction of sp³-hybridized carbons (Fsp3) is 0.933. The lowest BCUT2D eigenvalue weighted by molar-refractivity contribution is -0.151. The lowest BCUT2D eigenvalue weighted by atomic mass is 9.75. The molecule has 0 amide bonds. The minimum Gasteiger partial charge on any atom is -0.480 e. The van der Waals surface area contributed by atoms with E-state index in [1.165, 1.54) is 19.3 Å². The van der Waals surface area contributed by atoms with Crippen LogP contribution in [0.3, 0.4) is 0 Å². The van der Waals surface area contributed by atoms with E-state index >= 15 is 0 Å². The van der Waals surface area contributed by atoms with Gasteiger partial charge in [-0.1, -0.05) is 19.8 Å². The maximum atomic E-state index is 11.5. The Morgan fingerprint density at radius 3 is 2.58 bits per heavy atom. The Labute approximate surface area is 115 Å². The van der Waals surface area contributed by atoms with Crippen molar-refractivity contribution in [3.8, 4) is 0 Å². The molecule has 1 aliphatic heterocycles. The first kappa shape index (κ1) is 14.8. The van der Waals surface area contributed by atoms with Gasteiger partial charge in [0.15, 0.2) is 0 Å². The number of aliphatic hydroxyl groups is 1. The Morgan fingerprint density at radius 2 is 1.95 bits per heavy atom. The summed E-state index contributed by atoms with van der Waals surface area (Å²) in [5, 5.41) is 19.8. The Hall–Kier alpha value is -0.610. The lowest BCUT2D eigenvalue weighted by Gasteiger charge is -2.49. The second-order valence-corrected chi connectivity index (χ2v) is 6.57. The molecule has 2 aliphatic rings. The van der Waals surface area contributed by atoms with Crippen molar-refractivity contribution in [3.05, 3.63) is 0 Å². The van der Waals surface area contributed by atoms with Crippen LogP contribution in [0.15, 0.2) is 0 Å². The third-order valence-electron chi connectivity index (χ3n) is 5.08. The SMILES string of the molecule is CCC(C)(O)CN1C(C(=O)O)CCC2CCCCC21. The first-order valence-electron chi connectivity index (χ1n) is 7.65. The highest BCUT2D eigenvalue weighted by Gasteiger charge is 2.43. The fourth-order valence-corrected chi connectivity index (χ4v) is 3.73. The van der Waals surface area contributed by atoms with Crippen LogP contribution in [0, 0.1) is 5.92 Å². The standard InChI is InChI=1S/C15H27NO3/c1-3-15(2,19)10-16-12-7-5-4-6-11(12)8-9-13(16)14(17)18/h11-13,19H,3-10H2,1-2H3,(H,17,18). The van der Waals surface area contributed by atoms with Crippen molar-refractivity contribution in [2.75, 3.05) is 6.54 Å². The highest BCUT2D eigenvalue weighted by atomic mass is 16.4. The molecule has 0 aromatic carbocycles. The van der Waals surface area contributed by atoms with Crippen LogP contribution in [-0.4, -0.2) is 45.3 Å². The van der Waals surface area contributed by atoms with Crippen LogP contribution in [-0.2, 0) is 4.79 Å². The third kappa shape index (κ3) is 3.29. The van der Waals surface area contributed by atoms with Crippen LogP contribution in [0.2, 0.25) is 0 Å². The number of aliphatic carboxylic acids is 1. The molecule has 0 bridgehead atoms. The zero-order chi connectivity index (χ0) is 14.0. The van der Waals surface area contributed by atoms with Gasteiger partial charge < -0.3 is 10.2 Å². The van der Waals surface area contributed by atoms with E-state index in [4.69, 9.17) is 0 Å². The summed E-state index contributed by atoms with van der Waals surface area (Å²) in [6.07, 6.45) is 7.21. The van der Waals surface area contributed by atoms with Gasteiger partial charge in [-0.25, -0.2) is 0 Å². The summed E-state index contributed by atoms with van der Waals surface area (Å²) in [6, 6.07) is -0.0426. The normalized spacial score (nSPS) is 35.4. The van der Waals surface area contributed by atoms with Crippen LogP contribution in [0.1, 0.15) is 58.8 Å². The number of hydrogen-bond acceptors (Lipinski definition) is 3. The smallest absolute Gasteiger partial charge is 0.320 e. The van der Waals surface area contributed by atoms with E-state index in [0.29, 0.717) is 24.9 Å². The molecule has 110 valence electrons. The maximum Gasteiger partial charge on any atom is 0.320 e. The summed E-state index contributed by atoms with van der Waals surface area (Å²) in [4.78, 5) is 13.6. The van der Waals surface area contributed by atoms with Crippen LogP contribution in [0.25, 0.3) is 0 Å². The Bertz CT molecular complexity index is 329. The molecule has 4 atom stereocenters. The highest BCUT2D eigenvalue weighted by molar-refractivity contribution is 5.73. The van der Waals surface area contributed by atoms with E-state index in [9.17, 15) is 15.0 Å². The first-order chi connectivity index (χ1) is 8.94. The number of rotatable bonds is 4. The molecule has 0 aromatic rings. The molecule has 4 unspecified atom stereocenters. The third-order valence-corrected chi connectivity index (χ3v) is 5.08. The van der Waals surface area contributed by atoms with Gasteiger partial charge in [0.2, 0.25) is 0 Å². The van der Waals surface area contributed by atoms with E-state index in [1.54, 1.807) is 0 Å². The topological polar surface area (TPSA) is 60.8 Å². The lowest BCUT2D eigenvalue weighted by Crippen LogP contribution is -2.58. The van der Waals surface area contributed by atoms with Gasteiger partial charge in [0.1, 0.15) is 6.04 Å². The zero-order valence-corrected chi connectivity index (χ0v) is 12.1. The number of β-amino-alcohol motifs (C(OH)–C–C–N with tert-alkyl or cyclic N) is 1. The van der Waals surface area contributed by atoms with E-state index in [0.717, 1.165) is 19.3 Å². The van der Waals surface area contributed by atoms with Gasteiger partial charge in [-0.3, -0.25) is 9.69 Å². The summed E-state index contributed by atoms with van der Waals surface area (Å²) in [6.45, 7) is 4.26. The van der Waals surface area contributed by atoms with E-state index in [-0.39, 0.29) is 0 Å². The minimum atomic E-state index is -0.785. The van der Waals surface area contributed by atoms with Crippen molar-refractivity contribution < 1.29 is 15.0 Å². The van der Waals surface area contributed by atoms with Crippen molar-refractivity contribution in [2.45, 2.75) is 76.5 Å². The van der Waals surface area contributed by atoms with Crippen molar-refractivity contribution in [1.29, 1.82) is 0 Å². The molecule has 2 N–H and O–H groups in total. The van der Waals surface area contributed by atoms with Crippen molar-refractivity contribution in [2.24, 2.45) is 5.92 Å². The number of hydrogen-bond donors (Lipinski definition) is 2.